The van der Waals surface area contributed by atoms with E-state index in [4.69, 9.17) is 0 Å². The van der Waals surface area contributed by atoms with Gasteiger partial charge in [0.05, 0.1) is 4.90 Å². The Morgan fingerprint density at radius 2 is 1.68 bits per heavy atom. The van der Waals surface area contributed by atoms with E-state index in [1.807, 2.05) is 17.5 Å². The number of anilines is 1. The fourth-order valence-electron chi connectivity index (χ4n) is 2.46. The van der Waals surface area contributed by atoms with Crippen LogP contribution < -0.4 is 10.0 Å². The molecule has 3 aromatic rings. The van der Waals surface area contributed by atoms with Crippen LogP contribution in [0, 0.1) is 11.6 Å². The minimum Gasteiger partial charge on any atom is -0.322 e. The molecule has 0 aliphatic heterocycles. The smallest absolute Gasteiger partial charge is 0.255 e. The van der Waals surface area contributed by atoms with Gasteiger partial charge in [0.15, 0.2) is 0 Å². The number of halogens is 2. The van der Waals surface area contributed by atoms with E-state index < -0.39 is 27.6 Å². The Morgan fingerprint density at radius 3 is 2.29 bits per heavy atom. The number of carbonyl (C=O) groups excluding carboxylic acids is 1. The molecule has 0 saturated carbocycles. The summed E-state index contributed by atoms with van der Waals surface area (Å²) < 4.78 is 53.5. The fraction of sp³-hybridized carbons (Fsp3) is 0.105. The van der Waals surface area contributed by atoms with Gasteiger partial charge in [-0.3, -0.25) is 4.79 Å². The van der Waals surface area contributed by atoms with Crippen LogP contribution in [0.4, 0.5) is 14.5 Å². The third-order valence-electron chi connectivity index (χ3n) is 3.79. The fourth-order valence-corrected chi connectivity index (χ4v) is 4.20. The highest BCUT2D eigenvalue weighted by molar-refractivity contribution is 7.89. The zero-order valence-electron chi connectivity index (χ0n) is 14.5. The second kappa shape index (κ2) is 8.59. The summed E-state index contributed by atoms with van der Waals surface area (Å²) in [5.41, 5.74) is 0.122. The number of hydrogen-bond acceptors (Lipinski definition) is 4. The molecule has 1 amide bonds. The van der Waals surface area contributed by atoms with Crippen molar-refractivity contribution >= 4 is 33.0 Å². The Hall–Kier alpha value is -2.62. The highest BCUT2D eigenvalue weighted by Crippen LogP contribution is 2.16. The molecule has 0 aliphatic carbocycles. The lowest BCUT2D eigenvalue weighted by Crippen LogP contribution is -2.26. The van der Waals surface area contributed by atoms with E-state index in [-0.39, 0.29) is 22.7 Å². The number of rotatable bonds is 7. The molecule has 0 spiro atoms. The van der Waals surface area contributed by atoms with Crippen LogP contribution >= 0.6 is 11.3 Å². The van der Waals surface area contributed by atoms with Gasteiger partial charge in [-0.15, -0.1) is 11.3 Å². The molecule has 1 heterocycles. The van der Waals surface area contributed by atoms with Crippen molar-refractivity contribution in [2.75, 3.05) is 11.9 Å². The van der Waals surface area contributed by atoms with Crippen LogP contribution in [0.2, 0.25) is 0 Å². The molecule has 0 fully saturated rings. The molecule has 2 N–H and O–H groups in total. The maximum absolute atomic E-state index is 13.2. The van der Waals surface area contributed by atoms with Gasteiger partial charge in [0.1, 0.15) is 11.6 Å². The summed E-state index contributed by atoms with van der Waals surface area (Å²) in [7, 11) is -3.70. The van der Waals surface area contributed by atoms with Crippen molar-refractivity contribution in [3.05, 3.63) is 82.1 Å². The highest BCUT2D eigenvalue weighted by Gasteiger charge is 2.15. The number of benzene rings is 2. The molecule has 0 saturated heterocycles. The molecule has 9 heteroatoms. The second-order valence-corrected chi connectivity index (χ2v) is 8.66. The van der Waals surface area contributed by atoms with Gasteiger partial charge < -0.3 is 5.32 Å². The van der Waals surface area contributed by atoms with E-state index in [0.29, 0.717) is 12.5 Å². The van der Waals surface area contributed by atoms with Gasteiger partial charge in [0.2, 0.25) is 10.0 Å². The molecule has 0 radical (unpaired) electrons. The molecule has 2 aromatic carbocycles. The largest absolute Gasteiger partial charge is 0.322 e. The number of carbonyl (C=O) groups is 1. The first kappa shape index (κ1) is 20.1. The van der Waals surface area contributed by atoms with Crippen molar-refractivity contribution in [1.29, 1.82) is 0 Å². The molecule has 3 rings (SSSR count). The second-order valence-electron chi connectivity index (χ2n) is 5.86. The minimum atomic E-state index is -3.70. The molecule has 5 nitrogen and oxygen atoms in total. The number of thiophene rings is 1. The molecule has 0 unspecified atom stereocenters. The van der Waals surface area contributed by atoms with Gasteiger partial charge in [-0.25, -0.2) is 21.9 Å². The summed E-state index contributed by atoms with van der Waals surface area (Å²) in [6.07, 6.45) is 0.585. The molecule has 0 aliphatic rings. The van der Waals surface area contributed by atoms with Crippen LogP contribution in [-0.4, -0.2) is 20.9 Å². The van der Waals surface area contributed by atoms with Crippen molar-refractivity contribution in [2.45, 2.75) is 11.3 Å². The van der Waals surface area contributed by atoms with E-state index in [1.54, 1.807) is 11.3 Å². The normalized spacial score (nSPS) is 11.4. The van der Waals surface area contributed by atoms with Crippen molar-refractivity contribution in [2.24, 2.45) is 0 Å². The van der Waals surface area contributed by atoms with Gasteiger partial charge in [0.25, 0.3) is 5.91 Å². The standard InChI is InChI=1S/C19H16F2N2O3S2/c20-14-10-15(21)12-16(11-14)23-19(24)13-3-5-18(6-4-13)28(25,26)22-8-7-17-2-1-9-27-17/h1-6,9-12,22H,7-8H2,(H,23,24). The first-order valence-electron chi connectivity index (χ1n) is 8.23. The number of hydrogen-bond donors (Lipinski definition) is 2. The summed E-state index contributed by atoms with van der Waals surface area (Å²) in [4.78, 5) is 13.3. The number of nitrogens with one attached hydrogen (secondary N) is 2. The molecular formula is C19H16F2N2O3S2. The lowest BCUT2D eigenvalue weighted by Gasteiger charge is -2.08. The van der Waals surface area contributed by atoms with E-state index in [9.17, 15) is 22.0 Å². The Bertz CT molecular complexity index is 1050. The van der Waals surface area contributed by atoms with Crippen LogP contribution in [0.15, 0.2) is 64.9 Å². The zero-order valence-corrected chi connectivity index (χ0v) is 16.1. The molecule has 146 valence electrons. The SMILES string of the molecule is O=C(Nc1cc(F)cc(F)c1)c1ccc(S(=O)(=O)NCCc2cccs2)cc1. The van der Waals surface area contributed by atoms with E-state index in [1.165, 1.54) is 24.3 Å². The van der Waals surface area contributed by atoms with Crippen molar-refractivity contribution in [3.8, 4) is 0 Å². The van der Waals surface area contributed by atoms with Gasteiger partial charge in [-0.2, -0.15) is 0 Å². The van der Waals surface area contributed by atoms with Crippen molar-refractivity contribution < 1.29 is 22.0 Å². The maximum Gasteiger partial charge on any atom is 0.255 e. The predicted octanol–water partition coefficient (Wildman–Crippen LogP) is 3.80. The van der Waals surface area contributed by atoms with Gasteiger partial charge in [0, 0.05) is 28.7 Å². The lowest BCUT2D eigenvalue weighted by atomic mass is 10.2. The van der Waals surface area contributed by atoms with Gasteiger partial charge in [-0.1, -0.05) is 6.07 Å². The quantitative estimate of drug-likeness (QED) is 0.608. The molecule has 0 atom stereocenters. The summed E-state index contributed by atoms with van der Waals surface area (Å²) in [5.74, 6) is -2.24. The van der Waals surface area contributed by atoms with E-state index >= 15 is 0 Å². The minimum absolute atomic E-state index is 0.0204. The Balaban J connectivity index is 1.63. The number of sulfonamides is 1. The average molecular weight is 422 g/mol. The Morgan fingerprint density at radius 1 is 1.00 bits per heavy atom. The van der Waals surface area contributed by atoms with Crippen LogP contribution in [0.3, 0.4) is 0 Å². The van der Waals surface area contributed by atoms with E-state index in [0.717, 1.165) is 17.0 Å². The Labute approximate surface area is 165 Å². The summed E-state index contributed by atoms with van der Waals surface area (Å²) >= 11 is 1.55. The van der Waals surface area contributed by atoms with Crippen molar-refractivity contribution in [1.82, 2.24) is 4.72 Å². The predicted molar refractivity (Wildman–Crippen MR) is 104 cm³/mol. The summed E-state index contributed by atoms with van der Waals surface area (Å²) in [6.45, 7) is 0.260. The molecule has 0 bridgehead atoms. The first-order valence-corrected chi connectivity index (χ1v) is 10.6. The van der Waals surface area contributed by atoms with E-state index in [2.05, 4.69) is 10.0 Å². The summed E-state index contributed by atoms with van der Waals surface area (Å²) in [6, 6.07) is 11.8. The van der Waals surface area contributed by atoms with Crippen LogP contribution in [0.25, 0.3) is 0 Å². The zero-order chi connectivity index (χ0) is 20.1. The highest BCUT2D eigenvalue weighted by atomic mass is 32.2. The lowest BCUT2D eigenvalue weighted by molar-refractivity contribution is 0.102. The monoisotopic (exact) mass is 422 g/mol. The number of amides is 1. The maximum atomic E-state index is 13.2. The third-order valence-corrected chi connectivity index (χ3v) is 6.20. The van der Waals surface area contributed by atoms with Gasteiger partial charge >= 0.3 is 0 Å². The summed E-state index contributed by atoms with van der Waals surface area (Å²) in [5, 5.41) is 4.29. The first-order chi connectivity index (χ1) is 13.3. The van der Waals surface area contributed by atoms with Crippen LogP contribution in [0.1, 0.15) is 15.2 Å². The van der Waals surface area contributed by atoms with Crippen molar-refractivity contribution in [3.63, 3.8) is 0 Å². The molecule has 1 aromatic heterocycles. The average Bonchev–Trinajstić information content (AvgIpc) is 3.14. The molecule has 28 heavy (non-hydrogen) atoms. The van der Waals surface area contributed by atoms with Crippen LogP contribution in [-0.2, 0) is 16.4 Å². The third kappa shape index (κ3) is 5.22. The van der Waals surface area contributed by atoms with Gasteiger partial charge in [-0.05, 0) is 54.3 Å². The topological polar surface area (TPSA) is 75.3 Å². The Kier molecular flexibility index (Phi) is 6.18. The molecular weight excluding hydrogens is 406 g/mol. The van der Waals surface area contributed by atoms with Crippen LogP contribution in [0.5, 0.6) is 0 Å².